The molecule has 3 heterocycles. The quantitative estimate of drug-likeness (QED) is 0.902. The van der Waals surface area contributed by atoms with Gasteiger partial charge >= 0.3 is 6.03 Å². The first kappa shape index (κ1) is 15.3. The normalized spacial score (nSPS) is 22.4. The molecule has 0 saturated carbocycles. The molecule has 1 aromatic rings. The Morgan fingerprint density at radius 2 is 2.23 bits per heavy atom. The number of nitrogens with one attached hydrogen (secondary N) is 1. The highest BCUT2D eigenvalue weighted by Gasteiger charge is 2.34. The van der Waals surface area contributed by atoms with Crippen LogP contribution in [0.25, 0.3) is 0 Å². The highest BCUT2D eigenvalue weighted by Crippen LogP contribution is 2.37. The molecule has 3 rings (SSSR count). The molecule has 0 bridgehead atoms. The van der Waals surface area contributed by atoms with Crippen LogP contribution in [0, 0.1) is 6.92 Å². The average molecular weight is 326 g/mol. The number of likely N-dealkylation sites (tertiary alicyclic amines) is 1. The molecule has 2 saturated heterocycles. The summed E-state index contributed by atoms with van der Waals surface area (Å²) >= 11 is 6.36. The molecule has 3 amide bonds. The molecule has 0 radical (unpaired) electrons. The maximum absolute atomic E-state index is 12.3. The predicted molar refractivity (Wildman–Crippen MR) is 81.6 cm³/mol. The maximum Gasteiger partial charge on any atom is 0.324 e. The standard InChI is InChI=1S/C14H20ClN5O2/c1-9-12(13(15)18(2)17-9)10-4-3-6-19(10)8-11(21)20-7-5-16-14(20)22/h10H,3-8H2,1-2H3,(H,16,22)/t10-/m0/s1. The Hall–Kier alpha value is -1.60. The number of aryl methyl sites for hydroxylation is 2. The van der Waals surface area contributed by atoms with Gasteiger partial charge in [-0.25, -0.2) is 4.79 Å². The third-order valence-electron chi connectivity index (χ3n) is 4.39. The zero-order chi connectivity index (χ0) is 15.9. The number of rotatable bonds is 3. The molecular formula is C14H20ClN5O2. The highest BCUT2D eigenvalue weighted by molar-refractivity contribution is 6.30. The van der Waals surface area contributed by atoms with Crippen molar-refractivity contribution in [1.29, 1.82) is 0 Å². The topological polar surface area (TPSA) is 70.5 Å². The molecule has 0 aromatic carbocycles. The first-order valence-corrected chi connectivity index (χ1v) is 7.88. The van der Waals surface area contributed by atoms with Gasteiger partial charge < -0.3 is 5.32 Å². The lowest BCUT2D eigenvalue weighted by molar-refractivity contribution is -0.129. The Morgan fingerprint density at radius 1 is 1.45 bits per heavy atom. The van der Waals surface area contributed by atoms with Crippen LogP contribution in [0.4, 0.5) is 4.79 Å². The SMILES string of the molecule is Cc1nn(C)c(Cl)c1[C@@H]1CCCN1CC(=O)N1CCNC1=O. The van der Waals surface area contributed by atoms with Crippen LogP contribution < -0.4 is 5.32 Å². The van der Waals surface area contributed by atoms with Gasteiger partial charge in [0.1, 0.15) is 5.15 Å². The van der Waals surface area contributed by atoms with E-state index >= 15 is 0 Å². The average Bonchev–Trinajstić information content (AvgIpc) is 3.13. The van der Waals surface area contributed by atoms with Crippen LogP contribution in [0.2, 0.25) is 5.15 Å². The van der Waals surface area contributed by atoms with Crippen molar-refractivity contribution in [3.63, 3.8) is 0 Å². The van der Waals surface area contributed by atoms with Gasteiger partial charge in [0.05, 0.1) is 12.2 Å². The molecule has 2 aliphatic heterocycles. The van der Waals surface area contributed by atoms with Gasteiger partial charge in [-0.15, -0.1) is 0 Å². The summed E-state index contributed by atoms with van der Waals surface area (Å²) in [6.45, 7) is 3.98. The fraction of sp³-hybridized carbons (Fsp3) is 0.643. The van der Waals surface area contributed by atoms with E-state index < -0.39 is 0 Å². The van der Waals surface area contributed by atoms with Crippen molar-refractivity contribution in [2.24, 2.45) is 7.05 Å². The Bertz CT molecular complexity index is 615. The van der Waals surface area contributed by atoms with Crippen LogP contribution in [-0.4, -0.2) is 57.7 Å². The molecule has 0 spiro atoms. The van der Waals surface area contributed by atoms with E-state index in [1.165, 1.54) is 4.90 Å². The summed E-state index contributed by atoms with van der Waals surface area (Å²) < 4.78 is 1.67. The second-order valence-electron chi connectivity index (χ2n) is 5.82. The Kier molecular flexibility index (Phi) is 4.10. The van der Waals surface area contributed by atoms with Crippen LogP contribution >= 0.6 is 11.6 Å². The zero-order valence-corrected chi connectivity index (χ0v) is 13.6. The van der Waals surface area contributed by atoms with Gasteiger partial charge in [0.2, 0.25) is 5.91 Å². The fourth-order valence-electron chi connectivity index (χ4n) is 3.34. The fourth-order valence-corrected chi connectivity index (χ4v) is 3.64. The highest BCUT2D eigenvalue weighted by atomic mass is 35.5. The molecule has 1 atom stereocenters. The lowest BCUT2D eigenvalue weighted by Gasteiger charge is -2.25. The van der Waals surface area contributed by atoms with Gasteiger partial charge in [0, 0.05) is 31.7 Å². The van der Waals surface area contributed by atoms with Crippen LogP contribution in [0.15, 0.2) is 0 Å². The van der Waals surface area contributed by atoms with E-state index in [9.17, 15) is 9.59 Å². The van der Waals surface area contributed by atoms with Crippen molar-refractivity contribution in [2.45, 2.75) is 25.8 Å². The van der Waals surface area contributed by atoms with Crippen molar-refractivity contribution in [3.8, 4) is 0 Å². The van der Waals surface area contributed by atoms with Crippen molar-refractivity contribution < 1.29 is 9.59 Å². The molecular weight excluding hydrogens is 306 g/mol. The number of carbonyl (C=O) groups is 2. The molecule has 7 nitrogen and oxygen atoms in total. The molecule has 120 valence electrons. The summed E-state index contributed by atoms with van der Waals surface area (Å²) in [5.74, 6) is -0.153. The smallest absolute Gasteiger partial charge is 0.324 e. The molecule has 1 aromatic heterocycles. The van der Waals surface area contributed by atoms with Crippen LogP contribution in [-0.2, 0) is 11.8 Å². The predicted octanol–water partition coefficient (Wildman–Crippen LogP) is 1.07. The first-order chi connectivity index (χ1) is 10.5. The Balaban J connectivity index is 1.76. The molecule has 8 heteroatoms. The van der Waals surface area contributed by atoms with Gasteiger partial charge in [0.25, 0.3) is 0 Å². The molecule has 0 aliphatic carbocycles. The third-order valence-corrected chi connectivity index (χ3v) is 4.84. The number of imide groups is 1. The second-order valence-corrected chi connectivity index (χ2v) is 6.18. The summed E-state index contributed by atoms with van der Waals surface area (Å²) in [7, 11) is 1.82. The number of amides is 3. The van der Waals surface area contributed by atoms with E-state index in [0.29, 0.717) is 18.2 Å². The molecule has 2 fully saturated rings. The molecule has 0 unspecified atom stereocenters. The van der Waals surface area contributed by atoms with Crippen LogP contribution in [0.3, 0.4) is 0 Å². The van der Waals surface area contributed by atoms with Crippen molar-refractivity contribution >= 4 is 23.5 Å². The number of urea groups is 1. The van der Waals surface area contributed by atoms with Crippen molar-refractivity contribution in [3.05, 3.63) is 16.4 Å². The molecule has 22 heavy (non-hydrogen) atoms. The largest absolute Gasteiger partial charge is 0.336 e. The minimum Gasteiger partial charge on any atom is -0.336 e. The summed E-state index contributed by atoms with van der Waals surface area (Å²) in [5, 5.41) is 7.64. The second kappa shape index (κ2) is 5.89. The van der Waals surface area contributed by atoms with Gasteiger partial charge in [-0.2, -0.15) is 5.10 Å². The van der Waals surface area contributed by atoms with E-state index in [-0.39, 0.29) is 24.5 Å². The summed E-state index contributed by atoms with van der Waals surface area (Å²) in [4.78, 5) is 27.3. The summed E-state index contributed by atoms with van der Waals surface area (Å²) in [5.41, 5.74) is 1.90. The van der Waals surface area contributed by atoms with Gasteiger partial charge in [-0.1, -0.05) is 11.6 Å². The van der Waals surface area contributed by atoms with Crippen molar-refractivity contribution in [2.75, 3.05) is 26.2 Å². The number of nitrogens with zero attached hydrogens (tertiary/aromatic N) is 4. The number of hydrogen-bond donors (Lipinski definition) is 1. The number of carbonyl (C=O) groups excluding carboxylic acids is 2. The third kappa shape index (κ3) is 2.59. The lowest BCUT2D eigenvalue weighted by Crippen LogP contribution is -2.41. The van der Waals surface area contributed by atoms with Crippen LogP contribution in [0.1, 0.15) is 30.1 Å². The minimum absolute atomic E-state index is 0.0933. The minimum atomic E-state index is -0.295. The molecule has 2 aliphatic rings. The van der Waals surface area contributed by atoms with Gasteiger partial charge in [0.15, 0.2) is 0 Å². The maximum atomic E-state index is 12.3. The Morgan fingerprint density at radius 3 is 2.82 bits per heavy atom. The van der Waals surface area contributed by atoms with Crippen molar-refractivity contribution in [1.82, 2.24) is 24.9 Å². The number of aromatic nitrogens is 2. The number of hydrogen-bond acceptors (Lipinski definition) is 4. The van der Waals surface area contributed by atoms with E-state index in [1.54, 1.807) is 4.68 Å². The monoisotopic (exact) mass is 325 g/mol. The number of halogens is 1. The Labute approximate surface area is 134 Å². The van der Waals surface area contributed by atoms with E-state index in [2.05, 4.69) is 15.3 Å². The van der Waals surface area contributed by atoms with Crippen LogP contribution in [0.5, 0.6) is 0 Å². The van der Waals surface area contributed by atoms with Gasteiger partial charge in [-0.05, 0) is 26.3 Å². The molecule has 1 N–H and O–H groups in total. The first-order valence-electron chi connectivity index (χ1n) is 7.50. The summed E-state index contributed by atoms with van der Waals surface area (Å²) in [6.07, 6.45) is 1.96. The lowest BCUT2D eigenvalue weighted by atomic mass is 10.1. The summed E-state index contributed by atoms with van der Waals surface area (Å²) in [6, 6.07) is -0.202. The van der Waals surface area contributed by atoms with E-state index in [0.717, 1.165) is 30.6 Å². The van der Waals surface area contributed by atoms with E-state index in [4.69, 9.17) is 11.6 Å². The zero-order valence-electron chi connectivity index (χ0n) is 12.8. The van der Waals surface area contributed by atoms with E-state index in [1.807, 2.05) is 14.0 Å². The van der Waals surface area contributed by atoms with Gasteiger partial charge in [-0.3, -0.25) is 19.3 Å².